The van der Waals surface area contributed by atoms with Crippen molar-refractivity contribution in [3.63, 3.8) is 0 Å². The molecule has 5 aliphatic heterocycles. The lowest BCUT2D eigenvalue weighted by Gasteiger charge is -2.45. The number of pyridine rings is 1. The van der Waals surface area contributed by atoms with Crippen molar-refractivity contribution in [2.75, 3.05) is 62.3 Å². The van der Waals surface area contributed by atoms with Gasteiger partial charge in [0.05, 0.1) is 18.2 Å². The minimum absolute atomic E-state index is 0.0516. The number of anilines is 2. The van der Waals surface area contributed by atoms with E-state index in [4.69, 9.17) is 9.47 Å². The number of carbonyl (C=O) groups is 3. The molecule has 4 saturated heterocycles. The number of aromatic hydroxyl groups is 1. The van der Waals surface area contributed by atoms with Crippen LogP contribution in [0.3, 0.4) is 0 Å². The molecule has 3 amide bonds. The Labute approximate surface area is 344 Å². The molecule has 0 saturated carbocycles. The van der Waals surface area contributed by atoms with Gasteiger partial charge in [0.1, 0.15) is 29.8 Å². The van der Waals surface area contributed by atoms with Crippen LogP contribution in [0.15, 0.2) is 84.9 Å². The Kier molecular flexibility index (Phi) is 10.0. The van der Waals surface area contributed by atoms with Gasteiger partial charge in [-0.25, -0.2) is 4.98 Å². The van der Waals surface area contributed by atoms with E-state index in [1.807, 2.05) is 18.2 Å². The lowest BCUT2D eigenvalue weighted by Crippen LogP contribution is -2.58. The van der Waals surface area contributed by atoms with E-state index >= 15 is 0 Å². The van der Waals surface area contributed by atoms with Gasteiger partial charge in [0.15, 0.2) is 0 Å². The van der Waals surface area contributed by atoms with Crippen molar-refractivity contribution in [2.45, 2.75) is 74.5 Å². The van der Waals surface area contributed by atoms with E-state index in [2.05, 4.69) is 91.0 Å². The number of nitrogens with one attached hydrogen (secondary N) is 2. The molecular formula is C47H52N6O6. The number of amides is 3. The summed E-state index contributed by atoms with van der Waals surface area (Å²) >= 11 is 0. The SMILES string of the molecule is O=C1CC[C@H](NC(=O)c2ccc3c(n2)OC[C@H]2CN(C[C@@H]4COC5(CCN(c6ccc([C@@H]7c8ccc(O)cc8CC[C@@H]7c7ccccc7)cc6)CC5)C4)CCN32)C(=O)N1. The van der Waals surface area contributed by atoms with Crippen molar-refractivity contribution in [2.24, 2.45) is 5.92 Å². The highest BCUT2D eigenvalue weighted by atomic mass is 16.5. The summed E-state index contributed by atoms with van der Waals surface area (Å²) in [5.74, 6) is 0.633. The lowest BCUT2D eigenvalue weighted by molar-refractivity contribution is -0.134. The number of benzene rings is 3. The Hall–Kier alpha value is -5.46. The minimum atomic E-state index is -0.758. The first kappa shape index (κ1) is 37.8. The highest BCUT2D eigenvalue weighted by Crippen LogP contribution is 2.48. The Morgan fingerprint density at radius 2 is 1.73 bits per heavy atom. The maximum Gasteiger partial charge on any atom is 0.270 e. The molecule has 3 aromatic carbocycles. The predicted octanol–water partition coefficient (Wildman–Crippen LogP) is 5.14. The first-order chi connectivity index (χ1) is 28.8. The van der Waals surface area contributed by atoms with Gasteiger partial charge in [0, 0.05) is 57.3 Å². The maximum absolute atomic E-state index is 12.9. The minimum Gasteiger partial charge on any atom is -0.508 e. The van der Waals surface area contributed by atoms with E-state index in [0.29, 0.717) is 30.1 Å². The predicted molar refractivity (Wildman–Crippen MR) is 223 cm³/mol. The Morgan fingerprint density at radius 1 is 0.898 bits per heavy atom. The molecule has 6 aliphatic rings. The summed E-state index contributed by atoms with van der Waals surface area (Å²) in [4.78, 5) is 48.5. The molecule has 0 bridgehead atoms. The highest BCUT2D eigenvalue weighted by molar-refractivity contribution is 6.03. The summed E-state index contributed by atoms with van der Waals surface area (Å²) < 4.78 is 12.8. The second kappa shape index (κ2) is 15.6. The molecule has 6 heterocycles. The van der Waals surface area contributed by atoms with Crippen molar-refractivity contribution in [3.05, 3.63) is 113 Å². The zero-order chi connectivity index (χ0) is 40.1. The number of ether oxygens (including phenoxy) is 2. The number of phenols is 1. The van der Waals surface area contributed by atoms with E-state index in [9.17, 15) is 19.5 Å². The lowest BCUT2D eigenvalue weighted by atomic mass is 9.69. The number of aryl methyl sites for hydroxylation is 1. The van der Waals surface area contributed by atoms with Crippen LogP contribution in [0.25, 0.3) is 0 Å². The Bertz CT molecular complexity index is 2230. The quantitative estimate of drug-likeness (QED) is 0.216. The molecular weight excluding hydrogens is 745 g/mol. The highest BCUT2D eigenvalue weighted by Gasteiger charge is 2.44. The molecule has 1 aliphatic carbocycles. The van der Waals surface area contributed by atoms with Crippen molar-refractivity contribution in [1.29, 1.82) is 0 Å². The molecule has 4 fully saturated rings. The van der Waals surface area contributed by atoms with Gasteiger partial charge in [-0.1, -0.05) is 48.5 Å². The summed E-state index contributed by atoms with van der Waals surface area (Å²) in [6, 6.07) is 29.1. The van der Waals surface area contributed by atoms with Gasteiger partial charge in [0.25, 0.3) is 5.91 Å². The van der Waals surface area contributed by atoms with Gasteiger partial charge in [-0.2, -0.15) is 0 Å². The van der Waals surface area contributed by atoms with Gasteiger partial charge in [-0.3, -0.25) is 24.6 Å². The molecule has 306 valence electrons. The molecule has 1 aromatic heterocycles. The molecule has 1 spiro atoms. The van der Waals surface area contributed by atoms with Crippen LogP contribution >= 0.6 is 0 Å². The number of piperazine rings is 1. The number of nitrogens with zero attached hydrogens (tertiary/aromatic N) is 4. The van der Waals surface area contributed by atoms with Crippen LogP contribution in [-0.2, 0) is 20.7 Å². The zero-order valence-corrected chi connectivity index (χ0v) is 33.4. The fourth-order valence-electron chi connectivity index (χ4n) is 10.8. The molecule has 10 rings (SSSR count). The number of aromatic nitrogens is 1. The summed E-state index contributed by atoms with van der Waals surface area (Å²) in [6.07, 6.45) is 5.64. The van der Waals surface area contributed by atoms with E-state index in [1.54, 1.807) is 6.07 Å². The third-order valence-electron chi connectivity index (χ3n) is 13.8. The van der Waals surface area contributed by atoms with Crippen LogP contribution in [0.1, 0.15) is 83.1 Å². The average molecular weight is 797 g/mol. The van der Waals surface area contributed by atoms with E-state index in [0.717, 1.165) is 83.7 Å². The number of imide groups is 1. The standard InChI is InChI=1S/C47H52N6O6/c54-36-11-13-38-33(24-36)8-12-37(31-4-2-1-3-5-31)43(38)32-6-9-34(10-7-32)52-20-18-47(19-21-52)25-30(28-59-47)26-51-22-23-53-35(27-51)29-58-46-41(53)16-14-40(49-46)44(56)48-39-15-17-42(55)50-45(39)57/h1-7,9-11,13-14,16,24,30,35,37,39,43,54H,8,12,15,17-23,25-29H2,(H,48,56)(H,50,55,57)/t30-,35-,37-,39+,43+/m1/s1. The van der Waals surface area contributed by atoms with Crippen molar-refractivity contribution in [3.8, 4) is 11.6 Å². The maximum atomic E-state index is 12.9. The van der Waals surface area contributed by atoms with Crippen LogP contribution in [0, 0.1) is 5.92 Å². The summed E-state index contributed by atoms with van der Waals surface area (Å²) in [5.41, 5.74) is 7.58. The van der Waals surface area contributed by atoms with Gasteiger partial charge >= 0.3 is 0 Å². The van der Waals surface area contributed by atoms with E-state index in [1.165, 1.54) is 27.9 Å². The second-order valence-electron chi connectivity index (χ2n) is 17.5. The van der Waals surface area contributed by atoms with Gasteiger partial charge in [-0.05, 0) is 109 Å². The fourth-order valence-corrected chi connectivity index (χ4v) is 10.8. The normalized spacial score (nSPS) is 26.3. The Morgan fingerprint density at radius 3 is 2.54 bits per heavy atom. The molecule has 3 N–H and O–H groups in total. The van der Waals surface area contributed by atoms with Crippen LogP contribution in [0.5, 0.6) is 11.6 Å². The third-order valence-corrected chi connectivity index (χ3v) is 13.8. The largest absolute Gasteiger partial charge is 0.508 e. The van der Waals surface area contributed by atoms with Crippen molar-refractivity contribution in [1.82, 2.24) is 20.5 Å². The van der Waals surface area contributed by atoms with Crippen LogP contribution in [0.4, 0.5) is 11.4 Å². The fraction of sp³-hybridized carbons (Fsp3) is 0.447. The second-order valence-corrected chi connectivity index (χ2v) is 17.5. The van der Waals surface area contributed by atoms with Crippen LogP contribution < -0.4 is 25.2 Å². The number of phenolic OH excluding ortho intramolecular Hbond substituents is 1. The van der Waals surface area contributed by atoms with E-state index in [-0.39, 0.29) is 42.0 Å². The molecule has 12 heteroatoms. The molecule has 5 atom stereocenters. The summed E-state index contributed by atoms with van der Waals surface area (Å²) in [7, 11) is 0. The number of piperidine rings is 2. The van der Waals surface area contributed by atoms with Crippen LogP contribution in [0.2, 0.25) is 0 Å². The average Bonchev–Trinajstić information content (AvgIpc) is 3.65. The number of carbonyl (C=O) groups excluding carboxylic acids is 3. The third kappa shape index (κ3) is 7.53. The number of hydrogen-bond donors (Lipinski definition) is 3. The molecule has 0 radical (unpaired) electrons. The summed E-state index contributed by atoms with van der Waals surface area (Å²) in [6.45, 7) is 6.94. The molecule has 0 unspecified atom stereocenters. The monoisotopic (exact) mass is 796 g/mol. The molecule has 59 heavy (non-hydrogen) atoms. The van der Waals surface area contributed by atoms with Gasteiger partial charge < -0.3 is 29.7 Å². The molecule has 4 aromatic rings. The first-order valence-corrected chi connectivity index (χ1v) is 21.4. The van der Waals surface area contributed by atoms with E-state index < -0.39 is 17.9 Å². The number of hydrogen-bond acceptors (Lipinski definition) is 10. The molecule has 12 nitrogen and oxygen atoms in total. The zero-order valence-electron chi connectivity index (χ0n) is 33.4. The first-order valence-electron chi connectivity index (χ1n) is 21.4. The smallest absolute Gasteiger partial charge is 0.270 e. The number of rotatable bonds is 7. The Balaban J connectivity index is 0.725. The van der Waals surface area contributed by atoms with Crippen LogP contribution in [-0.4, -0.2) is 103 Å². The van der Waals surface area contributed by atoms with Gasteiger partial charge in [-0.15, -0.1) is 0 Å². The van der Waals surface area contributed by atoms with Crippen molar-refractivity contribution < 1.29 is 29.0 Å². The topological polar surface area (TPSA) is 137 Å². The summed E-state index contributed by atoms with van der Waals surface area (Å²) in [5, 5.41) is 15.2. The van der Waals surface area contributed by atoms with Gasteiger partial charge in [0.2, 0.25) is 17.7 Å². The van der Waals surface area contributed by atoms with Crippen molar-refractivity contribution >= 4 is 29.1 Å². The number of fused-ring (bicyclic) bond motifs is 4.